The number of aromatic nitrogens is 2. The molecule has 2 aromatic rings. The van der Waals surface area contributed by atoms with Gasteiger partial charge in [-0.2, -0.15) is 13.2 Å². The fourth-order valence-corrected chi connectivity index (χ4v) is 5.41. The molecule has 1 aliphatic heterocycles. The number of piperazine rings is 1. The number of hydrogen-bond acceptors (Lipinski definition) is 5. The van der Waals surface area contributed by atoms with Crippen molar-refractivity contribution >= 4 is 11.7 Å². The quantitative estimate of drug-likeness (QED) is 0.518. The van der Waals surface area contributed by atoms with Crippen LogP contribution in [-0.4, -0.2) is 52.5 Å². The molecule has 1 aliphatic carbocycles. The molecule has 1 fully saturated rings. The summed E-state index contributed by atoms with van der Waals surface area (Å²) in [4.78, 5) is 26.5. The summed E-state index contributed by atoms with van der Waals surface area (Å²) in [5.74, 6) is -0.993. The van der Waals surface area contributed by atoms with Gasteiger partial charge in [0.25, 0.3) is 0 Å². The third-order valence-electron chi connectivity index (χ3n) is 7.46. The minimum atomic E-state index is -4.79. The smallest absolute Gasteiger partial charge is 0.353 e. The van der Waals surface area contributed by atoms with E-state index in [0.717, 1.165) is 36.5 Å². The first kappa shape index (κ1) is 27.3. The second-order valence-electron chi connectivity index (χ2n) is 11.0. The Labute approximate surface area is 215 Å². The van der Waals surface area contributed by atoms with Crippen molar-refractivity contribution in [3.63, 3.8) is 0 Å². The molecule has 2 N–H and O–H groups in total. The molecule has 0 spiro atoms. The Morgan fingerprint density at radius 2 is 1.86 bits per heavy atom. The van der Waals surface area contributed by atoms with E-state index in [1.165, 1.54) is 11.6 Å². The minimum absolute atomic E-state index is 0.199. The Morgan fingerprint density at radius 1 is 1.16 bits per heavy atom. The highest BCUT2D eigenvalue weighted by Crippen LogP contribution is 2.38. The Bertz CT molecular complexity index is 1120. The van der Waals surface area contributed by atoms with Crippen LogP contribution in [0.3, 0.4) is 0 Å². The van der Waals surface area contributed by atoms with E-state index in [2.05, 4.69) is 21.8 Å². The van der Waals surface area contributed by atoms with E-state index < -0.39 is 29.0 Å². The molecule has 202 valence electrons. The van der Waals surface area contributed by atoms with E-state index in [1.54, 1.807) is 11.2 Å². The molecule has 0 radical (unpaired) electrons. The number of amides is 1. The highest BCUT2D eigenvalue weighted by atomic mass is 19.4. The van der Waals surface area contributed by atoms with Gasteiger partial charge in [0.15, 0.2) is 0 Å². The van der Waals surface area contributed by atoms with Gasteiger partial charge in [0.05, 0.1) is 11.5 Å². The zero-order chi connectivity index (χ0) is 27.0. The maximum Gasteiger partial charge on any atom is 0.419 e. The van der Waals surface area contributed by atoms with Crippen molar-refractivity contribution < 1.29 is 22.4 Å². The SMILES string of the molecule is C[C@@H]1CCc2ncnc(N3CCN(C(=O)[C@H](CCCC(C)(C)N)c4ccc(C(F)(F)F)c(F)c4)CC3)c21. The third kappa shape index (κ3) is 6.22. The Balaban J connectivity index is 1.50. The molecule has 10 heteroatoms. The number of anilines is 1. The lowest BCUT2D eigenvalue weighted by atomic mass is 9.88. The molecule has 6 nitrogen and oxygen atoms in total. The Hall–Kier alpha value is -2.75. The number of carbonyl (C=O) groups excluding carboxylic acids is 1. The average molecular weight is 522 g/mol. The summed E-state index contributed by atoms with van der Waals surface area (Å²) >= 11 is 0. The molecule has 1 amide bonds. The van der Waals surface area contributed by atoms with Crippen LogP contribution in [0.1, 0.15) is 80.7 Å². The zero-order valence-electron chi connectivity index (χ0n) is 21.6. The number of hydrogen-bond donors (Lipinski definition) is 1. The van der Waals surface area contributed by atoms with Crippen LogP contribution in [0, 0.1) is 5.82 Å². The second-order valence-corrected chi connectivity index (χ2v) is 11.0. The van der Waals surface area contributed by atoms with Gasteiger partial charge in [-0.25, -0.2) is 14.4 Å². The number of rotatable bonds is 7. The second kappa shape index (κ2) is 10.6. The fraction of sp³-hybridized carbons (Fsp3) is 0.593. The van der Waals surface area contributed by atoms with Crippen LogP contribution >= 0.6 is 0 Å². The molecule has 37 heavy (non-hydrogen) atoms. The summed E-state index contributed by atoms with van der Waals surface area (Å²) in [5, 5.41) is 0. The minimum Gasteiger partial charge on any atom is -0.353 e. The first-order valence-corrected chi connectivity index (χ1v) is 12.9. The Kier molecular flexibility index (Phi) is 7.78. The van der Waals surface area contributed by atoms with Gasteiger partial charge >= 0.3 is 6.18 Å². The highest BCUT2D eigenvalue weighted by molar-refractivity contribution is 5.84. The lowest BCUT2D eigenvalue weighted by Crippen LogP contribution is -2.50. The Morgan fingerprint density at radius 3 is 2.49 bits per heavy atom. The van der Waals surface area contributed by atoms with Gasteiger partial charge in [-0.15, -0.1) is 0 Å². The molecule has 2 aliphatic rings. The van der Waals surface area contributed by atoms with E-state index in [1.807, 2.05) is 13.8 Å². The lowest BCUT2D eigenvalue weighted by Gasteiger charge is -2.38. The van der Waals surface area contributed by atoms with E-state index in [-0.39, 0.29) is 11.5 Å². The van der Waals surface area contributed by atoms with Crippen molar-refractivity contribution in [2.24, 2.45) is 5.73 Å². The summed E-state index contributed by atoms with van der Waals surface area (Å²) in [7, 11) is 0. The van der Waals surface area contributed by atoms with Gasteiger partial charge in [-0.3, -0.25) is 4.79 Å². The third-order valence-corrected chi connectivity index (χ3v) is 7.46. The number of nitrogens with two attached hydrogens (primary N) is 1. The van der Waals surface area contributed by atoms with E-state index in [4.69, 9.17) is 5.73 Å². The first-order chi connectivity index (χ1) is 17.3. The van der Waals surface area contributed by atoms with Crippen molar-refractivity contribution in [1.82, 2.24) is 14.9 Å². The standard InChI is InChI=1S/C27H35F4N5O/c1-17-6-9-22-23(17)24(34-16-33-22)35-11-13-36(14-12-35)25(37)19(5-4-10-26(2,3)32)18-7-8-20(21(28)15-18)27(29,30)31/h7-8,15-17,19H,4-6,9-14,32H2,1-3H3/t17-,19-/m1/s1. The van der Waals surface area contributed by atoms with Crippen molar-refractivity contribution in [2.45, 2.75) is 76.4 Å². The maximum atomic E-state index is 14.4. The largest absolute Gasteiger partial charge is 0.419 e. The predicted octanol–water partition coefficient (Wildman–Crippen LogP) is 5.02. The number of carbonyl (C=O) groups is 1. The molecule has 2 atom stereocenters. The van der Waals surface area contributed by atoms with Crippen LogP contribution in [-0.2, 0) is 17.4 Å². The summed E-state index contributed by atoms with van der Waals surface area (Å²) in [6, 6.07) is 2.82. The topological polar surface area (TPSA) is 75.4 Å². The fourth-order valence-electron chi connectivity index (χ4n) is 5.41. The van der Waals surface area contributed by atoms with E-state index in [9.17, 15) is 22.4 Å². The summed E-state index contributed by atoms with van der Waals surface area (Å²) in [6.45, 7) is 8.02. The van der Waals surface area contributed by atoms with Crippen LogP contribution in [0.4, 0.5) is 23.4 Å². The molecule has 1 aromatic carbocycles. The van der Waals surface area contributed by atoms with Gasteiger partial charge in [0.1, 0.15) is 18.0 Å². The molecular formula is C27H35F4N5O. The van der Waals surface area contributed by atoms with Crippen LogP contribution in [0.25, 0.3) is 0 Å². The number of alkyl halides is 3. The molecular weight excluding hydrogens is 486 g/mol. The molecule has 0 unspecified atom stereocenters. The predicted molar refractivity (Wildman–Crippen MR) is 134 cm³/mol. The summed E-state index contributed by atoms with van der Waals surface area (Å²) in [5.41, 5.74) is 6.85. The number of halogens is 4. The monoisotopic (exact) mass is 521 g/mol. The first-order valence-electron chi connectivity index (χ1n) is 12.9. The highest BCUT2D eigenvalue weighted by Gasteiger charge is 2.36. The van der Waals surface area contributed by atoms with Crippen LogP contribution in [0.15, 0.2) is 24.5 Å². The number of benzene rings is 1. The molecule has 0 bridgehead atoms. The van der Waals surface area contributed by atoms with Gasteiger partial charge in [-0.05, 0) is 63.1 Å². The van der Waals surface area contributed by atoms with Crippen LogP contribution in [0.2, 0.25) is 0 Å². The molecule has 2 heterocycles. The maximum absolute atomic E-state index is 14.4. The van der Waals surface area contributed by atoms with Gasteiger partial charge in [0, 0.05) is 43.0 Å². The van der Waals surface area contributed by atoms with Gasteiger partial charge in [0.2, 0.25) is 5.91 Å². The normalized spacial score (nSPS) is 19.2. The van der Waals surface area contributed by atoms with E-state index in [0.29, 0.717) is 51.4 Å². The van der Waals surface area contributed by atoms with Crippen LogP contribution < -0.4 is 10.6 Å². The summed E-state index contributed by atoms with van der Waals surface area (Å²) in [6.07, 6.45) is 0.387. The van der Waals surface area contributed by atoms with Crippen molar-refractivity contribution in [3.05, 3.63) is 52.7 Å². The number of fused-ring (bicyclic) bond motifs is 1. The van der Waals surface area contributed by atoms with Gasteiger partial charge < -0.3 is 15.5 Å². The molecule has 4 rings (SSSR count). The number of aryl methyl sites for hydroxylation is 1. The van der Waals surface area contributed by atoms with Crippen molar-refractivity contribution in [3.8, 4) is 0 Å². The van der Waals surface area contributed by atoms with Gasteiger partial charge in [-0.1, -0.05) is 19.4 Å². The molecule has 1 saturated heterocycles. The van der Waals surface area contributed by atoms with Crippen molar-refractivity contribution in [1.29, 1.82) is 0 Å². The molecule has 1 aromatic heterocycles. The van der Waals surface area contributed by atoms with E-state index >= 15 is 0 Å². The van der Waals surface area contributed by atoms with Crippen LogP contribution in [0.5, 0.6) is 0 Å². The summed E-state index contributed by atoms with van der Waals surface area (Å²) < 4.78 is 53.7. The van der Waals surface area contributed by atoms with Crippen molar-refractivity contribution in [2.75, 3.05) is 31.1 Å². The lowest BCUT2D eigenvalue weighted by molar-refractivity contribution is -0.140. The molecule has 0 saturated carbocycles. The zero-order valence-corrected chi connectivity index (χ0v) is 21.6. The average Bonchev–Trinajstić information content (AvgIpc) is 3.21. The number of nitrogens with zero attached hydrogens (tertiary/aromatic N) is 4.